The topological polar surface area (TPSA) is 67.2 Å². The monoisotopic (exact) mass is 297 g/mol. The number of hydrogen-bond acceptors (Lipinski definition) is 4. The minimum atomic E-state index is -3.37. The van der Waals surface area contributed by atoms with Gasteiger partial charge in [0.1, 0.15) is 11.2 Å². The molecular formula is C14H16FNO3S. The first kappa shape index (κ1) is 14.9. The third-order valence-electron chi connectivity index (χ3n) is 3.87. The van der Waals surface area contributed by atoms with Gasteiger partial charge in [-0.1, -0.05) is 19.1 Å². The molecule has 0 saturated heterocycles. The van der Waals surface area contributed by atoms with E-state index >= 15 is 0 Å². The Kier molecular flexibility index (Phi) is 3.85. The van der Waals surface area contributed by atoms with Gasteiger partial charge in [-0.2, -0.15) is 5.26 Å². The Labute approximate surface area is 118 Å². The molecule has 3 atom stereocenters. The number of methoxy groups -OCH3 is 1. The zero-order valence-electron chi connectivity index (χ0n) is 11.3. The Balaban J connectivity index is 2.45. The van der Waals surface area contributed by atoms with Crippen LogP contribution in [0.3, 0.4) is 0 Å². The molecule has 1 aliphatic carbocycles. The van der Waals surface area contributed by atoms with E-state index in [1.54, 1.807) is 6.92 Å². The molecule has 1 fully saturated rings. The lowest BCUT2D eigenvalue weighted by Gasteiger charge is -2.07. The summed E-state index contributed by atoms with van der Waals surface area (Å²) in [7, 11) is -1.93. The van der Waals surface area contributed by atoms with Crippen molar-refractivity contribution in [3.63, 3.8) is 0 Å². The largest absolute Gasteiger partial charge is 0.383 e. The van der Waals surface area contributed by atoms with E-state index in [4.69, 9.17) is 4.74 Å². The number of hydrogen-bond donors (Lipinski definition) is 0. The van der Waals surface area contributed by atoms with Gasteiger partial charge in [0.2, 0.25) is 0 Å². The molecule has 0 unspecified atom stereocenters. The molecule has 1 saturated carbocycles. The van der Waals surface area contributed by atoms with E-state index < -0.39 is 32.2 Å². The Morgan fingerprint density at radius 1 is 1.40 bits per heavy atom. The zero-order chi connectivity index (χ0) is 15.0. The maximum atomic E-state index is 13.0. The Bertz CT molecular complexity index is 635. The van der Waals surface area contributed by atoms with Crippen molar-refractivity contribution in [1.82, 2.24) is 0 Å². The van der Waals surface area contributed by atoms with Gasteiger partial charge < -0.3 is 4.74 Å². The molecule has 0 aromatic heterocycles. The van der Waals surface area contributed by atoms with Gasteiger partial charge in [-0.05, 0) is 17.7 Å². The van der Waals surface area contributed by atoms with Crippen molar-refractivity contribution >= 4 is 9.84 Å². The van der Waals surface area contributed by atoms with Crippen LogP contribution in [0.25, 0.3) is 0 Å². The minimum Gasteiger partial charge on any atom is -0.383 e. The van der Waals surface area contributed by atoms with Crippen LogP contribution in [0.1, 0.15) is 18.4 Å². The second-order valence-corrected chi connectivity index (χ2v) is 7.40. The van der Waals surface area contributed by atoms with E-state index in [1.165, 1.54) is 31.4 Å². The normalized spacial score (nSPS) is 28.9. The van der Waals surface area contributed by atoms with Crippen LogP contribution in [0.4, 0.5) is 4.39 Å². The molecule has 1 aliphatic rings. The average Bonchev–Trinajstić information content (AvgIpc) is 3.10. The van der Waals surface area contributed by atoms with E-state index in [0.717, 1.165) is 0 Å². The van der Waals surface area contributed by atoms with Gasteiger partial charge in [-0.3, -0.25) is 0 Å². The Morgan fingerprint density at radius 3 is 2.45 bits per heavy atom. The second kappa shape index (κ2) is 5.15. The van der Waals surface area contributed by atoms with Crippen molar-refractivity contribution in [2.45, 2.75) is 18.1 Å². The summed E-state index contributed by atoms with van der Waals surface area (Å²) in [5, 5.41) is 8.65. The summed E-state index contributed by atoms with van der Waals surface area (Å²) in [5.74, 6) is -0.876. The molecule has 1 aromatic carbocycles. The molecule has 0 radical (unpaired) electrons. The highest BCUT2D eigenvalue weighted by Gasteiger charge is 2.71. The average molecular weight is 297 g/mol. The van der Waals surface area contributed by atoms with Gasteiger partial charge in [-0.25, -0.2) is 12.8 Å². The summed E-state index contributed by atoms with van der Waals surface area (Å²) >= 11 is 0. The molecular weight excluding hydrogens is 281 g/mol. The van der Waals surface area contributed by atoms with E-state index in [1.807, 2.05) is 0 Å². The molecule has 1 aromatic rings. The number of nitriles is 1. The quantitative estimate of drug-likeness (QED) is 0.832. The number of ether oxygens (including phenoxy) is 1. The lowest BCUT2D eigenvalue weighted by Crippen LogP contribution is -2.20. The Hall–Kier alpha value is -1.45. The predicted molar refractivity (Wildman–Crippen MR) is 72.3 cm³/mol. The van der Waals surface area contributed by atoms with Crippen molar-refractivity contribution in [3.8, 4) is 6.07 Å². The van der Waals surface area contributed by atoms with Crippen molar-refractivity contribution in [1.29, 1.82) is 5.26 Å². The van der Waals surface area contributed by atoms with Crippen LogP contribution in [-0.2, 0) is 14.6 Å². The van der Waals surface area contributed by atoms with Crippen LogP contribution in [0.2, 0.25) is 0 Å². The summed E-state index contributed by atoms with van der Waals surface area (Å²) < 4.78 is 42.4. The lowest BCUT2D eigenvalue weighted by molar-refractivity contribution is 0.162. The molecule has 0 heterocycles. The maximum Gasteiger partial charge on any atom is 0.155 e. The molecule has 20 heavy (non-hydrogen) atoms. The molecule has 108 valence electrons. The maximum absolute atomic E-state index is 13.0. The highest BCUT2D eigenvalue weighted by Crippen LogP contribution is 2.62. The third kappa shape index (κ3) is 2.21. The van der Waals surface area contributed by atoms with Gasteiger partial charge in [0, 0.05) is 18.8 Å². The number of rotatable bonds is 5. The Morgan fingerprint density at radius 2 is 2.00 bits per heavy atom. The van der Waals surface area contributed by atoms with Crippen molar-refractivity contribution in [3.05, 3.63) is 35.6 Å². The first-order valence-electron chi connectivity index (χ1n) is 6.30. The smallest absolute Gasteiger partial charge is 0.155 e. The summed E-state index contributed by atoms with van der Waals surface area (Å²) in [6.45, 7) is 1.61. The zero-order valence-corrected chi connectivity index (χ0v) is 12.2. The first-order valence-corrected chi connectivity index (χ1v) is 8.01. The SMILES string of the molecule is CCS(=O)(=O)[C@@H]1[C@@H](c2ccc(F)cc2)[C@]1(C#N)COC. The van der Waals surface area contributed by atoms with Crippen molar-refractivity contribution < 1.29 is 17.5 Å². The van der Waals surface area contributed by atoms with Crippen LogP contribution in [0.5, 0.6) is 0 Å². The number of sulfone groups is 1. The molecule has 4 nitrogen and oxygen atoms in total. The molecule has 0 spiro atoms. The summed E-state index contributed by atoms with van der Waals surface area (Å²) in [6, 6.07) is 7.73. The fraction of sp³-hybridized carbons (Fsp3) is 0.500. The second-order valence-electron chi connectivity index (χ2n) is 4.99. The number of benzene rings is 1. The summed E-state index contributed by atoms with van der Waals surface area (Å²) in [5.41, 5.74) is -0.409. The number of halogens is 1. The fourth-order valence-electron chi connectivity index (χ4n) is 2.83. The highest BCUT2D eigenvalue weighted by molar-refractivity contribution is 7.92. The first-order chi connectivity index (χ1) is 9.43. The van der Waals surface area contributed by atoms with Crippen molar-refractivity contribution in [2.24, 2.45) is 5.41 Å². The van der Waals surface area contributed by atoms with Gasteiger partial charge in [0.15, 0.2) is 9.84 Å². The fourth-order valence-corrected chi connectivity index (χ4v) is 4.83. The van der Waals surface area contributed by atoms with Gasteiger partial charge in [0.25, 0.3) is 0 Å². The lowest BCUT2D eigenvalue weighted by atomic mass is 10.0. The predicted octanol–water partition coefficient (Wildman–Crippen LogP) is 1.88. The molecule has 6 heteroatoms. The minimum absolute atomic E-state index is 0.0253. The van der Waals surface area contributed by atoms with Gasteiger partial charge in [0.05, 0.1) is 17.9 Å². The van der Waals surface area contributed by atoms with Gasteiger partial charge in [-0.15, -0.1) is 0 Å². The molecule has 2 rings (SSSR count). The van der Waals surface area contributed by atoms with E-state index in [0.29, 0.717) is 5.56 Å². The third-order valence-corrected chi connectivity index (χ3v) is 6.14. The van der Waals surface area contributed by atoms with Crippen LogP contribution < -0.4 is 0 Å². The van der Waals surface area contributed by atoms with E-state index in [-0.39, 0.29) is 12.4 Å². The van der Waals surface area contributed by atoms with Crippen molar-refractivity contribution in [2.75, 3.05) is 19.5 Å². The van der Waals surface area contributed by atoms with Crippen LogP contribution >= 0.6 is 0 Å². The van der Waals surface area contributed by atoms with E-state index in [9.17, 15) is 18.1 Å². The standard InChI is InChI=1S/C14H16FNO3S/c1-3-20(17,18)13-12(14(13,8-16)9-19-2)10-4-6-11(15)7-5-10/h4-7,12-13H,3,9H2,1-2H3/t12-,13-,14+/m1/s1. The number of nitrogens with zero attached hydrogens (tertiary/aromatic N) is 1. The molecule has 0 bridgehead atoms. The van der Waals surface area contributed by atoms with E-state index in [2.05, 4.69) is 6.07 Å². The van der Waals surface area contributed by atoms with Crippen LogP contribution in [0, 0.1) is 22.6 Å². The van der Waals surface area contributed by atoms with Gasteiger partial charge >= 0.3 is 0 Å². The molecule has 0 amide bonds. The molecule has 0 N–H and O–H groups in total. The summed E-state index contributed by atoms with van der Waals surface area (Å²) in [4.78, 5) is 0. The van der Waals surface area contributed by atoms with Crippen LogP contribution in [-0.4, -0.2) is 33.1 Å². The van der Waals surface area contributed by atoms with Crippen LogP contribution in [0.15, 0.2) is 24.3 Å². The summed E-state index contributed by atoms with van der Waals surface area (Å²) in [6.07, 6.45) is 0. The molecule has 0 aliphatic heterocycles. The highest BCUT2D eigenvalue weighted by atomic mass is 32.2.